The molecule has 1 aromatic heterocycles. The van der Waals surface area contributed by atoms with E-state index < -0.39 is 0 Å². The number of Topliss-reactive ketones (excluding diaryl/α,β-unsaturated/α-hetero) is 1. The second kappa shape index (κ2) is 4.96. The number of likely N-dealkylation sites (tertiary alicyclic amines) is 1. The Morgan fingerprint density at radius 2 is 2.09 bits per heavy atom. The minimum atomic E-state index is 0.0327. The van der Waals surface area contributed by atoms with E-state index in [-0.39, 0.29) is 5.78 Å². The van der Waals surface area contributed by atoms with E-state index in [9.17, 15) is 4.79 Å². The van der Waals surface area contributed by atoms with Crippen molar-refractivity contribution < 1.29 is 9.53 Å². The van der Waals surface area contributed by atoms with Crippen LogP contribution in [0, 0.1) is 17.8 Å². The molecule has 0 saturated carbocycles. The van der Waals surface area contributed by atoms with Crippen LogP contribution in [0.5, 0.6) is 0 Å². The van der Waals surface area contributed by atoms with E-state index in [0.29, 0.717) is 17.4 Å². The summed E-state index contributed by atoms with van der Waals surface area (Å²) in [5, 5.41) is 0. The first kappa shape index (κ1) is 13.5. The summed E-state index contributed by atoms with van der Waals surface area (Å²) in [5.74, 6) is 2.65. The lowest BCUT2D eigenvalue weighted by molar-refractivity contribution is -0.135. The Hall–Kier alpha value is -2.12. The first-order chi connectivity index (χ1) is 10.7. The Morgan fingerprint density at radius 1 is 1.32 bits per heavy atom. The van der Waals surface area contributed by atoms with Crippen LogP contribution in [-0.2, 0) is 16.0 Å². The van der Waals surface area contributed by atoms with Gasteiger partial charge in [0.1, 0.15) is 0 Å². The van der Waals surface area contributed by atoms with Gasteiger partial charge in [0.2, 0.25) is 0 Å². The topological polar surface area (TPSA) is 42.4 Å². The lowest BCUT2D eigenvalue weighted by Crippen LogP contribution is -2.50. The third-order valence-electron chi connectivity index (χ3n) is 5.08. The Kier molecular flexibility index (Phi) is 3.05. The molecule has 1 aliphatic carbocycles. The molecular formula is C18H18N2O2. The summed E-state index contributed by atoms with van der Waals surface area (Å²) in [4.78, 5) is 19.1. The monoisotopic (exact) mass is 294 g/mol. The average Bonchev–Trinajstić information content (AvgIpc) is 2.52. The maximum Gasteiger partial charge on any atom is 0.177 e. The van der Waals surface area contributed by atoms with Crippen LogP contribution in [0.15, 0.2) is 23.9 Å². The van der Waals surface area contributed by atoms with Crippen molar-refractivity contribution in [3.8, 4) is 12.3 Å². The molecule has 0 atom stereocenters. The van der Waals surface area contributed by atoms with Gasteiger partial charge in [-0.3, -0.25) is 9.78 Å². The van der Waals surface area contributed by atoms with Crippen molar-refractivity contribution in [1.82, 2.24) is 9.88 Å². The molecule has 0 N–H and O–H groups in total. The number of rotatable bonds is 1. The fourth-order valence-electron chi connectivity index (χ4n) is 3.65. The normalized spacial score (nSPS) is 23.0. The highest BCUT2D eigenvalue weighted by molar-refractivity contribution is 6.09. The number of hydrogen-bond donors (Lipinski definition) is 0. The number of terminal acetylenes is 1. The number of ether oxygens (including phenoxy) is 1. The van der Waals surface area contributed by atoms with E-state index in [1.54, 1.807) is 6.20 Å². The van der Waals surface area contributed by atoms with Crippen LogP contribution < -0.4 is 0 Å². The molecule has 1 spiro atoms. The summed E-state index contributed by atoms with van der Waals surface area (Å²) < 4.78 is 5.38. The summed E-state index contributed by atoms with van der Waals surface area (Å²) in [6, 6.07) is 3.85. The Morgan fingerprint density at radius 3 is 2.73 bits per heavy atom. The largest absolute Gasteiger partial charge is 0.380 e. The van der Waals surface area contributed by atoms with Gasteiger partial charge in [0, 0.05) is 31.1 Å². The molecule has 4 nitrogen and oxygen atoms in total. The van der Waals surface area contributed by atoms with Gasteiger partial charge >= 0.3 is 0 Å². The van der Waals surface area contributed by atoms with Crippen molar-refractivity contribution in [2.45, 2.75) is 19.3 Å². The molecule has 1 aromatic rings. The first-order valence-corrected chi connectivity index (χ1v) is 7.73. The van der Waals surface area contributed by atoms with Gasteiger partial charge in [0.25, 0.3) is 0 Å². The third-order valence-corrected chi connectivity index (χ3v) is 5.08. The van der Waals surface area contributed by atoms with Crippen molar-refractivity contribution in [1.29, 1.82) is 0 Å². The van der Waals surface area contributed by atoms with E-state index in [0.717, 1.165) is 56.1 Å². The summed E-state index contributed by atoms with van der Waals surface area (Å²) >= 11 is 0. The zero-order valence-corrected chi connectivity index (χ0v) is 12.5. The van der Waals surface area contributed by atoms with Crippen molar-refractivity contribution in [2.24, 2.45) is 5.41 Å². The second-order valence-corrected chi connectivity index (χ2v) is 6.46. The van der Waals surface area contributed by atoms with Crippen LogP contribution in [0.4, 0.5) is 0 Å². The van der Waals surface area contributed by atoms with E-state index in [4.69, 9.17) is 11.2 Å². The SMILES string of the molecule is C#CC1=C(N2CCC3(CC2)COC3)c2ncccc2CC1=O. The number of carbonyl (C=O) groups is 1. The molecule has 112 valence electrons. The number of ketones is 1. The number of nitrogens with zero attached hydrogens (tertiary/aromatic N) is 2. The van der Waals surface area contributed by atoms with Gasteiger partial charge in [-0.25, -0.2) is 0 Å². The highest BCUT2D eigenvalue weighted by atomic mass is 16.5. The number of fused-ring (bicyclic) bond motifs is 1. The number of carbonyl (C=O) groups excluding carboxylic acids is 1. The van der Waals surface area contributed by atoms with E-state index >= 15 is 0 Å². The maximum absolute atomic E-state index is 12.4. The lowest BCUT2D eigenvalue weighted by atomic mass is 9.76. The first-order valence-electron chi connectivity index (χ1n) is 7.73. The molecule has 4 rings (SSSR count). The third kappa shape index (κ3) is 1.97. The Labute approximate surface area is 130 Å². The molecule has 0 bridgehead atoms. The predicted octanol–water partition coefficient (Wildman–Crippen LogP) is 1.66. The Bertz CT molecular complexity index is 700. The summed E-state index contributed by atoms with van der Waals surface area (Å²) in [6.45, 7) is 3.56. The van der Waals surface area contributed by atoms with E-state index in [1.807, 2.05) is 12.1 Å². The van der Waals surface area contributed by atoms with Crippen molar-refractivity contribution in [3.05, 3.63) is 35.2 Å². The van der Waals surface area contributed by atoms with Gasteiger partial charge < -0.3 is 9.64 Å². The molecule has 0 radical (unpaired) electrons. The smallest absolute Gasteiger partial charge is 0.177 e. The van der Waals surface area contributed by atoms with Gasteiger partial charge in [0.15, 0.2) is 5.78 Å². The molecule has 3 aliphatic rings. The van der Waals surface area contributed by atoms with E-state index in [1.165, 1.54) is 0 Å². The Balaban J connectivity index is 1.71. The number of allylic oxidation sites excluding steroid dienone is 1. The molecule has 0 unspecified atom stereocenters. The zero-order chi connectivity index (χ0) is 15.2. The molecule has 4 heteroatoms. The highest BCUT2D eigenvalue weighted by Crippen LogP contribution is 2.41. The minimum Gasteiger partial charge on any atom is -0.380 e. The molecule has 0 aromatic carbocycles. The fourth-order valence-corrected chi connectivity index (χ4v) is 3.65. The highest BCUT2D eigenvalue weighted by Gasteiger charge is 2.42. The molecule has 0 amide bonds. The van der Waals surface area contributed by atoms with Gasteiger partial charge in [-0.05, 0) is 24.5 Å². The van der Waals surface area contributed by atoms with Crippen LogP contribution in [-0.4, -0.2) is 42.0 Å². The van der Waals surface area contributed by atoms with Crippen LogP contribution in [0.1, 0.15) is 24.1 Å². The van der Waals surface area contributed by atoms with Gasteiger partial charge in [0.05, 0.1) is 30.2 Å². The molecule has 2 saturated heterocycles. The minimum absolute atomic E-state index is 0.0327. The zero-order valence-electron chi connectivity index (χ0n) is 12.5. The number of pyridine rings is 1. The quantitative estimate of drug-likeness (QED) is 0.739. The second-order valence-electron chi connectivity index (χ2n) is 6.46. The number of aromatic nitrogens is 1. The number of hydrogen-bond acceptors (Lipinski definition) is 4. The van der Waals surface area contributed by atoms with Crippen molar-refractivity contribution in [2.75, 3.05) is 26.3 Å². The van der Waals surface area contributed by atoms with Crippen LogP contribution >= 0.6 is 0 Å². The van der Waals surface area contributed by atoms with Crippen molar-refractivity contribution >= 4 is 11.5 Å². The average molecular weight is 294 g/mol. The summed E-state index contributed by atoms with van der Waals surface area (Å²) in [6.07, 6.45) is 9.94. The standard InChI is InChI=1S/C18H18N2O2/c1-2-14-15(21)10-13-4-3-7-19-16(13)17(14)20-8-5-18(6-9-20)11-22-12-18/h1,3-4,7H,5-6,8-12H2. The van der Waals surface area contributed by atoms with Gasteiger partial charge in [-0.2, -0.15) is 0 Å². The maximum atomic E-state index is 12.4. The molecule has 2 aliphatic heterocycles. The molecular weight excluding hydrogens is 276 g/mol. The molecule has 3 heterocycles. The van der Waals surface area contributed by atoms with Gasteiger partial charge in [-0.15, -0.1) is 6.42 Å². The fraction of sp³-hybridized carbons (Fsp3) is 0.444. The lowest BCUT2D eigenvalue weighted by Gasteiger charge is -2.48. The van der Waals surface area contributed by atoms with Crippen LogP contribution in [0.3, 0.4) is 0 Å². The summed E-state index contributed by atoms with van der Waals surface area (Å²) in [5.41, 5.74) is 3.58. The van der Waals surface area contributed by atoms with Crippen molar-refractivity contribution in [3.63, 3.8) is 0 Å². The van der Waals surface area contributed by atoms with E-state index in [2.05, 4.69) is 15.8 Å². The predicted molar refractivity (Wildman–Crippen MR) is 82.8 cm³/mol. The summed E-state index contributed by atoms with van der Waals surface area (Å²) in [7, 11) is 0. The van der Waals surface area contributed by atoms with Gasteiger partial charge in [-0.1, -0.05) is 12.0 Å². The molecule has 22 heavy (non-hydrogen) atoms. The number of piperidine rings is 1. The van der Waals surface area contributed by atoms with Crippen LogP contribution in [0.25, 0.3) is 5.70 Å². The molecule has 2 fully saturated rings. The van der Waals surface area contributed by atoms with Crippen LogP contribution in [0.2, 0.25) is 0 Å².